The molecular formula is C24H20N2O2S. The monoisotopic (exact) mass is 400 g/mol. The average molecular weight is 401 g/mol. The van der Waals surface area contributed by atoms with Crippen LogP contribution in [0.5, 0.6) is 0 Å². The largest absolute Gasteiger partial charge is 0.293 e. The van der Waals surface area contributed by atoms with Crippen LogP contribution in [0.15, 0.2) is 82.7 Å². The van der Waals surface area contributed by atoms with Gasteiger partial charge in [0.2, 0.25) is 0 Å². The fourth-order valence-corrected chi connectivity index (χ4v) is 4.22. The molecule has 0 N–H and O–H groups in total. The summed E-state index contributed by atoms with van der Waals surface area (Å²) in [6.07, 6.45) is 0. The minimum Gasteiger partial charge on any atom is -0.293 e. The Hall–Kier alpha value is -3.18. The molecule has 0 aliphatic rings. The lowest BCUT2D eigenvalue weighted by Crippen LogP contribution is -2.23. The Morgan fingerprint density at radius 2 is 1.69 bits per heavy atom. The molecule has 1 aromatic heterocycles. The molecule has 0 spiro atoms. The number of ketones is 1. The third kappa shape index (κ3) is 3.87. The molecule has 0 radical (unpaired) electrons. The first-order valence-electron chi connectivity index (χ1n) is 9.35. The SMILES string of the molecule is Cc1ccc(-n2c(SCC(=O)c3ccccc3)nc3ccccc3c2=O)c(C)c1. The van der Waals surface area contributed by atoms with Gasteiger partial charge in [-0.3, -0.25) is 14.2 Å². The zero-order valence-electron chi connectivity index (χ0n) is 16.3. The van der Waals surface area contributed by atoms with Crippen LogP contribution in [0.4, 0.5) is 0 Å². The normalized spacial score (nSPS) is 11.0. The summed E-state index contributed by atoms with van der Waals surface area (Å²) >= 11 is 1.29. The predicted octanol–water partition coefficient (Wildman–Crippen LogP) is 4.98. The number of aromatic nitrogens is 2. The highest BCUT2D eigenvalue weighted by atomic mass is 32.2. The average Bonchev–Trinajstić information content (AvgIpc) is 2.73. The van der Waals surface area contributed by atoms with E-state index in [4.69, 9.17) is 4.98 Å². The molecule has 5 heteroatoms. The summed E-state index contributed by atoms with van der Waals surface area (Å²) in [6, 6.07) is 22.4. The molecule has 4 nitrogen and oxygen atoms in total. The van der Waals surface area contributed by atoms with Crippen LogP contribution in [0.3, 0.4) is 0 Å². The highest BCUT2D eigenvalue weighted by molar-refractivity contribution is 7.99. The van der Waals surface area contributed by atoms with Crippen LogP contribution in [0.1, 0.15) is 21.5 Å². The van der Waals surface area contributed by atoms with E-state index in [1.54, 1.807) is 22.8 Å². The molecule has 0 unspecified atom stereocenters. The van der Waals surface area contributed by atoms with Gasteiger partial charge in [0.25, 0.3) is 5.56 Å². The van der Waals surface area contributed by atoms with Crippen LogP contribution in [-0.2, 0) is 0 Å². The number of thioether (sulfide) groups is 1. The summed E-state index contributed by atoms with van der Waals surface area (Å²) in [6.45, 7) is 4.00. The lowest BCUT2D eigenvalue weighted by atomic mass is 10.1. The van der Waals surface area contributed by atoms with Gasteiger partial charge in [-0.1, -0.05) is 71.9 Å². The van der Waals surface area contributed by atoms with Crippen molar-refractivity contribution in [2.45, 2.75) is 19.0 Å². The Labute approximate surface area is 173 Å². The molecule has 0 aliphatic carbocycles. The van der Waals surface area contributed by atoms with Gasteiger partial charge in [-0.2, -0.15) is 0 Å². The maximum absolute atomic E-state index is 13.3. The third-order valence-electron chi connectivity index (χ3n) is 4.77. The van der Waals surface area contributed by atoms with Gasteiger partial charge in [-0.05, 0) is 37.6 Å². The zero-order chi connectivity index (χ0) is 20.4. The predicted molar refractivity (Wildman–Crippen MR) is 118 cm³/mol. The number of aryl methyl sites for hydroxylation is 2. The molecule has 0 fully saturated rings. The van der Waals surface area contributed by atoms with Crippen LogP contribution >= 0.6 is 11.8 Å². The van der Waals surface area contributed by atoms with Gasteiger partial charge >= 0.3 is 0 Å². The summed E-state index contributed by atoms with van der Waals surface area (Å²) in [5.74, 6) is 0.213. The molecule has 144 valence electrons. The van der Waals surface area contributed by atoms with Crippen molar-refractivity contribution in [2.24, 2.45) is 0 Å². The zero-order valence-corrected chi connectivity index (χ0v) is 17.1. The number of fused-ring (bicyclic) bond motifs is 1. The van der Waals surface area contributed by atoms with Gasteiger partial charge in [0.05, 0.1) is 22.3 Å². The second-order valence-corrected chi connectivity index (χ2v) is 7.86. The lowest BCUT2D eigenvalue weighted by molar-refractivity contribution is 0.102. The maximum Gasteiger partial charge on any atom is 0.266 e. The van der Waals surface area contributed by atoms with Gasteiger partial charge in [0.15, 0.2) is 10.9 Å². The molecular weight excluding hydrogens is 380 g/mol. The highest BCUT2D eigenvalue weighted by Gasteiger charge is 2.16. The molecule has 4 rings (SSSR count). The number of benzene rings is 3. The highest BCUT2D eigenvalue weighted by Crippen LogP contribution is 2.24. The van der Waals surface area contributed by atoms with Crippen molar-refractivity contribution in [3.8, 4) is 5.69 Å². The van der Waals surface area contributed by atoms with Crippen molar-refractivity contribution in [1.29, 1.82) is 0 Å². The summed E-state index contributed by atoms with van der Waals surface area (Å²) in [7, 11) is 0. The van der Waals surface area contributed by atoms with E-state index in [0.717, 1.165) is 16.8 Å². The first kappa shape index (κ1) is 19.2. The molecule has 0 atom stereocenters. The van der Waals surface area contributed by atoms with Crippen molar-refractivity contribution in [2.75, 3.05) is 5.75 Å². The summed E-state index contributed by atoms with van der Waals surface area (Å²) < 4.78 is 1.63. The Bertz CT molecular complexity index is 1260. The fourth-order valence-electron chi connectivity index (χ4n) is 3.32. The second-order valence-electron chi connectivity index (χ2n) is 6.92. The molecule has 0 bridgehead atoms. The van der Waals surface area contributed by atoms with Crippen LogP contribution in [-0.4, -0.2) is 21.1 Å². The Balaban J connectivity index is 1.81. The number of Topliss-reactive ketones (excluding diaryl/α,β-unsaturated/α-hetero) is 1. The smallest absolute Gasteiger partial charge is 0.266 e. The topological polar surface area (TPSA) is 52.0 Å². The van der Waals surface area contributed by atoms with Crippen molar-refractivity contribution < 1.29 is 4.79 Å². The Kier molecular flexibility index (Phi) is 5.32. The molecule has 1 heterocycles. The molecule has 0 amide bonds. The molecule has 0 saturated heterocycles. The lowest BCUT2D eigenvalue weighted by Gasteiger charge is -2.15. The van der Waals surface area contributed by atoms with E-state index in [2.05, 4.69) is 0 Å². The second kappa shape index (κ2) is 8.05. The minimum atomic E-state index is -0.128. The quantitative estimate of drug-likeness (QED) is 0.269. The fraction of sp³-hybridized carbons (Fsp3) is 0.125. The van der Waals surface area contributed by atoms with Crippen molar-refractivity contribution >= 4 is 28.4 Å². The van der Waals surface area contributed by atoms with Gasteiger partial charge in [-0.25, -0.2) is 4.98 Å². The van der Waals surface area contributed by atoms with Crippen LogP contribution in [0, 0.1) is 13.8 Å². The van der Waals surface area contributed by atoms with E-state index in [1.807, 2.05) is 68.4 Å². The van der Waals surface area contributed by atoms with E-state index >= 15 is 0 Å². The first-order valence-corrected chi connectivity index (χ1v) is 10.3. The third-order valence-corrected chi connectivity index (χ3v) is 5.70. The summed E-state index contributed by atoms with van der Waals surface area (Å²) in [5.41, 5.74) is 4.06. The molecule has 0 saturated carbocycles. The summed E-state index contributed by atoms with van der Waals surface area (Å²) in [5, 5.41) is 1.08. The van der Waals surface area contributed by atoms with Crippen molar-refractivity contribution in [1.82, 2.24) is 9.55 Å². The number of hydrogen-bond acceptors (Lipinski definition) is 4. The number of nitrogens with zero attached hydrogens (tertiary/aromatic N) is 2. The minimum absolute atomic E-state index is 0.00480. The van der Waals surface area contributed by atoms with Crippen molar-refractivity contribution in [3.63, 3.8) is 0 Å². The first-order chi connectivity index (χ1) is 14.0. The number of hydrogen-bond donors (Lipinski definition) is 0. The molecule has 0 aliphatic heterocycles. The van der Waals surface area contributed by atoms with Gasteiger partial charge in [0.1, 0.15) is 0 Å². The van der Waals surface area contributed by atoms with Gasteiger partial charge < -0.3 is 0 Å². The van der Waals surface area contributed by atoms with Gasteiger partial charge in [-0.15, -0.1) is 0 Å². The van der Waals surface area contributed by atoms with E-state index in [9.17, 15) is 9.59 Å². The molecule has 3 aromatic carbocycles. The number of carbonyl (C=O) groups is 1. The Morgan fingerprint density at radius 3 is 2.45 bits per heavy atom. The molecule has 4 aromatic rings. The van der Waals surface area contributed by atoms with E-state index in [-0.39, 0.29) is 17.1 Å². The standard InChI is InChI=1S/C24H20N2O2S/c1-16-12-13-21(17(2)14-16)26-23(28)19-10-6-7-11-20(19)25-24(26)29-15-22(27)18-8-4-3-5-9-18/h3-14H,15H2,1-2H3. The van der Waals surface area contributed by atoms with Crippen LogP contribution in [0.25, 0.3) is 16.6 Å². The molecule has 29 heavy (non-hydrogen) atoms. The Morgan fingerprint density at radius 1 is 0.966 bits per heavy atom. The van der Waals surface area contributed by atoms with E-state index in [0.29, 0.717) is 21.6 Å². The number of rotatable bonds is 5. The van der Waals surface area contributed by atoms with Crippen molar-refractivity contribution in [3.05, 3.63) is 99.8 Å². The number of carbonyl (C=O) groups excluding carboxylic acids is 1. The maximum atomic E-state index is 13.3. The van der Waals surface area contributed by atoms with Crippen LogP contribution < -0.4 is 5.56 Å². The van der Waals surface area contributed by atoms with Gasteiger partial charge in [0, 0.05) is 5.56 Å². The summed E-state index contributed by atoms with van der Waals surface area (Å²) in [4.78, 5) is 30.6. The van der Waals surface area contributed by atoms with E-state index < -0.39 is 0 Å². The van der Waals surface area contributed by atoms with E-state index in [1.165, 1.54) is 11.8 Å². The van der Waals surface area contributed by atoms with Crippen LogP contribution in [0.2, 0.25) is 0 Å². The number of para-hydroxylation sites is 1.